The number of halogens is 2. The summed E-state index contributed by atoms with van der Waals surface area (Å²) < 4.78 is 16.9. The normalized spacial score (nSPS) is 11.2. The molecule has 0 N–H and O–H groups in total. The van der Waals surface area contributed by atoms with Gasteiger partial charge in [0.2, 0.25) is 5.56 Å². The zero-order valence-corrected chi connectivity index (χ0v) is 14.5. The number of rotatable bonds is 3. The third-order valence-electron chi connectivity index (χ3n) is 4.03. The van der Waals surface area contributed by atoms with Crippen molar-refractivity contribution in [3.63, 3.8) is 0 Å². The molecule has 4 aromatic heterocycles. The smallest absolute Gasteiger partial charge is 0.250 e. The lowest BCUT2D eigenvalue weighted by atomic mass is 10.1. The van der Waals surface area contributed by atoms with Gasteiger partial charge in [-0.2, -0.15) is 5.10 Å². The van der Waals surface area contributed by atoms with Gasteiger partial charge in [0, 0.05) is 42.8 Å². The van der Waals surface area contributed by atoms with Gasteiger partial charge in [-0.05, 0) is 24.3 Å². The molecule has 130 valence electrons. The second-order valence-corrected chi connectivity index (χ2v) is 6.22. The fourth-order valence-electron chi connectivity index (χ4n) is 2.75. The van der Waals surface area contributed by atoms with Gasteiger partial charge in [-0.1, -0.05) is 11.6 Å². The van der Waals surface area contributed by atoms with E-state index in [-0.39, 0.29) is 17.7 Å². The molecule has 0 atom stereocenters. The van der Waals surface area contributed by atoms with Crippen molar-refractivity contribution < 1.29 is 4.39 Å². The summed E-state index contributed by atoms with van der Waals surface area (Å²) in [5, 5.41) is 4.87. The molecule has 0 spiro atoms. The lowest BCUT2D eigenvalue weighted by molar-refractivity contribution is 0.601. The Morgan fingerprint density at radius 2 is 2.08 bits per heavy atom. The number of aromatic nitrogens is 5. The molecule has 0 bridgehead atoms. The highest BCUT2D eigenvalue weighted by Crippen LogP contribution is 2.30. The predicted molar refractivity (Wildman–Crippen MR) is 95.7 cm³/mol. The van der Waals surface area contributed by atoms with E-state index in [9.17, 15) is 9.18 Å². The predicted octanol–water partition coefficient (Wildman–Crippen LogP) is 2.87. The van der Waals surface area contributed by atoms with Crippen LogP contribution in [0.2, 0.25) is 5.02 Å². The minimum absolute atomic E-state index is 0.121. The highest BCUT2D eigenvalue weighted by molar-refractivity contribution is 6.34. The number of nitrogens with zero attached hydrogens (tertiary/aromatic N) is 5. The van der Waals surface area contributed by atoms with E-state index in [0.717, 1.165) is 5.56 Å². The second kappa shape index (κ2) is 6.34. The summed E-state index contributed by atoms with van der Waals surface area (Å²) in [6.45, 7) is 0. The first kappa shape index (κ1) is 16.4. The van der Waals surface area contributed by atoms with Crippen molar-refractivity contribution in [2.45, 2.75) is 6.42 Å². The largest absolute Gasteiger partial charge is 0.318 e. The first-order chi connectivity index (χ1) is 12.5. The van der Waals surface area contributed by atoms with Gasteiger partial charge in [0.15, 0.2) is 11.5 Å². The molecule has 6 nitrogen and oxygen atoms in total. The zero-order valence-electron chi connectivity index (χ0n) is 13.7. The minimum Gasteiger partial charge on any atom is -0.318 e. The van der Waals surface area contributed by atoms with Crippen molar-refractivity contribution in [2.75, 3.05) is 0 Å². The molecule has 4 rings (SSSR count). The van der Waals surface area contributed by atoms with Gasteiger partial charge >= 0.3 is 0 Å². The van der Waals surface area contributed by atoms with Crippen LogP contribution in [0.25, 0.3) is 16.8 Å². The van der Waals surface area contributed by atoms with Crippen LogP contribution in [0, 0.1) is 5.82 Å². The van der Waals surface area contributed by atoms with E-state index in [4.69, 9.17) is 11.6 Å². The molecule has 0 aliphatic heterocycles. The standard InChI is InChI=1S/C18H13ClFN5O/c1-24-10-11(4-5-16(24)26)17-12(19)6-8-25-18(17)22-15(23-25)9-14-13(20)3-2-7-21-14/h2-8,10H,9H2,1H3. The maximum absolute atomic E-state index is 13.8. The van der Waals surface area contributed by atoms with Crippen molar-refractivity contribution >= 4 is 17.2 Å². The van der Waals surface area contributed by atoms with Crippen LogP contribution in [-0.4, -0.2) is 24.1 Å². The molecule has 0 fully saturated rings. The lowest BCUT2D eigenvalue weighted by Gasteiger charge is -2.07. The van der Waals surface area contributed by atoms with Crippen LogP contribution >= 0.6 is 11.6 Å². The van der Waals surface area contributed by atoms with Crippen LogP contribution < -0.4 is 5.56 Å². The molecule has 0 aliphatic carbocycles. The van der Waals surface area contributed by atoms with Crippen LogP contribution in [0.3, 0.4) is 0 Å². The van der Waals surface area contributed by atoms with Gasteiger partial charge < -0.3 is 4.57 Å². The Morgan fingerprint density at radius 3 is 2.85 bits per heavy atom. The number of pyridine rings is 3. The van der Waals surface area contributed by atoms with E-state index in [1.165, 1.54) is 29.0 Å². The summed E-state index contributed by atoms with van der Waals surface area (Å²) in [6.07, 6.45) is 5.07. The van der Waals surface area contributed by atoms with Gasteiger partial charge in [-0.3, -0.25) is 9.78 Å². The summed E-state index contributed by atoms with van der Waals surface area (Å²) in [5.74, 6) is 0.0265. The molecule has 26 heavy (non-hydrogen) atoms. The minimum atomic E-state index is -0.400. The number of aryl methyl sites for hydroxylation is 1. The monoisotopic (exact) mass is 369 g/mol. The fraction of sp³-hybridized carbons (Fsp3) is 0.111. The number of fused-ring (bicyclic) bond motifs is 1. The third kappa shape index (κ3) is 2.86. The quantitative estimate of drug-likeness (QED) is 0.557. The fourth-order valence-corrected chi connectivity index (χ4v) is 3.00. The van der Waals surface area contributed by atoms with Gasteiger partial charge in [-0.25, -0.2) is 13.9 Å². The molecule has 0 aromatic carbocycles. The molecule has 0 saturated carbocycles. The number of hydrogen-bond donors (Lipinski definition) is 0. The molecular formula is C18H13ClFN5O. The van der Waals surface area contributed by atoms with Crippen molar-refractivity contribution in [3.05, 3.63) is 81.6 Å². The Morgan fingerprint density at radius 1 is 1.23 bits per heavy atom. The van der Waals surface area contributed by atoms with Gasteiger partial charge in [0.1, 0.15) is 5.82 Å². The van der Waals surface area contributed by atoms with E-state index in [1.807, 2.05) is 0 Å². The zero-order chi connectivity index (χ0) is 18.3. The summed E-state index contributed by atoms with van der Waals surface area (Å²) >= 11 is 6.38. The topological polar surface area (TPSA) is 65.1 Å². The second-order valence-electron chi connectivity index (χ2n) is 5.81. The Kier molecular flexibility index (Phi) is 4.00. The van der Waals surface area contributed by atoms with Crippen LogP contribution in [0.4, 0.5) is 4.39 Å². The Balaban J connectivity index is 1.85. The first-order valence-electron chi connectivity index (χ1n) is 7.83. The first-order valence-corrected chi connectivity index (χ1v) is 8.21. The van der Waals surface area contributed by atoms with Gasteiger partial charge in [-0.15, -0.1) is 0 Å². The van der Waals surface area contributed by atoms with Gasteiger partial charge in [0.25, 0.3) is 0 Å². The maximum Gasteiger partial charge on any atom is 0.250 e. The molecule has 0 amide bonds. The van der Waals surface area contributed by atoms with Crippen LogP contribution in [0.1, 0.15) is 11.5 Å². The molecule has 0 saturated heterocycles. The summed E-state index contributed by atoms with van der Waals surface area (Å²) in [5.41, 5.74) is 2.08. The summed E-state index contributed by atoms with van der Waals surface area (Å²) in [4.78, 5) is 20.2. The van der Waals surface area contributed by atoms with Crippen molar-refractivity contribution in [1.82, 2.24) is 24.1 Å². The van der Waals surface area contributed by atoms with Gasteiger partial charge in [0.05, 0.1) is 17.1 Å². The average molecular weight is 370 g/mol. The van der Waals surface area contributed by atoms with Crippen LogP contribution in [0.5, 0.6) is 0 Å². The van der Waals surface area contributed by atoms with Crippen molar-refractivity contribution in [3.8, 4) is 11.1 Å². The van der Waals surface area contributed by atoms with E-state index in [1.54, 1.807) is 36.1 Å². The molecular weight excluding hydrogens is 357 g/mol. The SMILES string of the molecule is Cn1cc(-c2c(Cl)ccn3nc(Cc4ncccc4F)nc23)ccc1=O. The highest BCUT2D eigenvalue weighted by Gasteiger charge is 2.15. The molecule has 4 heterocycles. The highest BCUT2D eigenvalue weighted by atomic mass is 35.5. The van der Waals surface area contributed by atoms with Crippen LogP contribution in [0.15, 0.2) is 53.7 Å². The number of hydrogen-bond acceptors (Lipinski definition) is 4. The Labute approximate surface area is 152 Å². The van der Waals surface area contributed by atoms with E-state index < -0.39 is 5.82 Å². The van der Waals surface area contributed by atoms with Crippen molar-refractivity contribution in [1.29, 1.82) is 0 Å². The molecule has 8 heteroatoms. The third-order valence-corrected chi connectivity index (χ3v) is 4.35. The molecule has 0 aliphatic rings. The lowest BCUT2D eigenvalue weighted by Crippen LogP contribution is -2.14. The molecule has 0 radical (unpaired) electrons. The molecule has 4 aromatic rings. The van der Waals surface area contributed by atoms with Crippen LogP contribution in [-0.2, 0) is 13.5 Å². The Hall–Kier alpha value is -3.06. The molecule has 0 unspecified atom stereocenters. The van der Waals surface area contributed by atoms with E-state index in [0.29, 0.717) is 22.1 Å². The van der Waals surface area contributed by atoms with E-state index >= 15 is 0 Å². The van der Waals surface area contributed by atoms with Crippen molar-refractivity contribution in [2.24, 2.45) is 7.05 Å². The Bertz CT molecular complexity index is 1180. The summed E-state index contributed by atoms with van der Waals surface area (Å²) in [7, 11) is 1.67. The maximum atomic E-state index is 13.8. The average Bonchev–Trinajstić information content (AvgIpc) is 3.02. The van der Waals surface area contributed by atoms with E-state index in [2.05, 4.69) is 15.1 Å². The summed E-state index contributed by atoms with van der Waals surface area (Å²) in [6, 6.07) is 7.75.